The van der Waals surface area contributed by atoms with E-state index in [1.165, 1.54) is 20.3 Å². The van der Waals surface area contributed by atoms with E-state index in [1.54, 1.807) is 11.8 Å². The summed E-state index contributed by atoms with van der Waals surface area (Å²) in [6.07, 6.45) is 1.09. The second kappa shape index (κ2) is 6.87. The lowest BCUT2D eigenvalue weighted by Crippen LogP contribution is -2.49. The SMILES string of the molecule is COC(=O)c1cc(Cl)c2c(c1C)OC(C)(C1CCN(C(=O)OC)CC1)O2. The zero-order chi connectivity index (χ0) is 19.1. The molecule has 2 aliphatic rings. The molecule has 0 bridgehead atoms. The lowest BCUT2D eigenvalue weighted by Gasteiger charge is -2.38. The van der Waals surface area contributed by atoms with E-state index in [0.29, 0.717) is 53.6 Å². The molecule has 0 saturated carbocycles. The number of amides is 1. The molecular formula is C18H22ClNO6. The summed E-state index contributed by atoms with van der Waals surface area (Å²) in [5, 5.41) is 0.307. The number of likely N-dealkylation sites (tertiary alicyclic amines) is 1. The van der Waals surface area contributed by atoms with E-state index in [1.807, 2.05) is 6.92 Å². The Morgan fingerprint density at radius 3 is 2.38 bits per heavy atom. The topological polar surface area (TPSA) is 74.3 Å². The van der Waals surface area contributed by atoms with Crippen LogP contribution >= 0.6 is 11.6 Å². The molecule has 1 atom stereocenters. The van der Waals surface area contributed by atoms with Crippen LogP contribution in [0.1, 0.15) is 35.7 Å². The van der Waals surface area contributed by atoms with Gasteiger partial charge in [-0.15, -0.1) is 0 Å². The third-order valence-electron chi connectivity index (χ3n) is 5.12. The number of fused-ring (bicyclic) bond motifs is 1. The van der Waals surface area contributed by atoms with Crippen LogP contribution in [0.3, 0.4) is 0 Å². The fourth-order valence-corrected chi connectivity index (χ4v) is 3.78. The molecule has 0 spiro atoms. The normalized spacial score (nSPS) is 22.3. The van der Waals surface area contributed by atoms with Crippen LogP contribution in [0.25, 0.3) is 0 Å². The van der Waals surface area contributed by atoms with E-state index >= 15 is 0 Å². The van der Waals surface area contributed by atoms with Crippen molar-refractivity contribution in [3.8, 4) is 11.5 Å². The van der Waals surface area contributed by atoms with Gasteiger partial charge in [0.25, 0.3) is 5.79 Å². The van der Waals surface area contributed by atoms with Crippen molar-refractivity contribution in [2.24, 2.45) is 5.92 Å². The third kappa shape index (κ3) is 3.05. The number of hydrogen-bond acceptors (Lipinski definition) is 6. The minimum atomic E-state index is -0.909. The van der Waals surface area contributed by atoms with Crippen LogP contribution in [0, 0.1) is 12.8 Å². The lowest BCUT2D eigenvalue weighted by molar-refractivity contribution is -0.123. The average Bonchev–Trinajstić information content (AvgIpc) is 3.03. The van der Waals surface area contributed by atoms with E-state index in [0.717, 1.165) is 0 Å². The summed E-state index contributed by atoms with van der Waals surface area (Å²) in [4.78, 5) is 25.3. The van der Waals surface area contributed by atoms with Crippen molar-refractivity contribution < 1.29 is 28.5 Å². The van der Waals surface area contributed by atoms with Crippen LogP contribution < -0.4 is 9.47 Å². The van der Waals surface area contributed by atoms with Crippen LogP contribution in [0.2, 0.25) is 5.02 Å². The number of nitrogens with zero attached hydrogens (tertiary/aromatic N) is 1. The Morgan fingerprint density at radius 2 is 1.81 bits per heavy atom. The molecule has 1 saturated heterocycles. The first kappa shape index (κ1) is 18.6. The fourth-order valence-electron chi connectivity index (χ4n) is 3.55. The Kier molecular flexibility index (Phi) is 4.92. The Hall–Kier alpha value is -2.15. The van der Waals surface area contributed by atoms with Crippen molar-refractivity contribution in [1.29, 1.82) is 0 Å². The molecule has 0 N–H and O–H groups in total. The number of benzene rings is 1. The maximum absolute atomic E-state index is 12.0. The van der Waals surface area contributed by atoms with Gasteiger partial charge in [-0.25, -0.2) is 9.59 Å². The Balaban J connectivity index is 1.82. The van der Waals surface area contributed by atoms with E-state index in [4.69, 9.17) is 30.5 Å². The van der Waals surface area contributed by atoms with Gasteiger partial charge in [0.05, 0.1) is 24.8 Å². The molecule has 0 aliphatic carbocycles. The smallest absolute Gasteiger partial charge is 0.409 e. The first-order valence-corrected chi connectivity index (χ1v) is 8.81. The number of ether oxygens (including phenoxy) is 4. The standard InChI is InChI=1S/C18H22ClNO6/c1-10-12(16(21)23-3)9-13(19)15-14(10)25-18(2,26-15)11-5-7-20(8-6-11)17(22)24-4/h9,11H,5-8H2,1-4H3. The molecule has 1 aromatic carbocycles. The monoisotopic (exact) mass is 383 g/mol. The number of halogens is 1. The summed E-state index contributed by atoms with van der Waals surface area (Å²) in [5.41, 5.74) is 0.983. The quantitative estimate of drug-likeness (QED) is 0.729. The van der Waals surface area contributed by atoms with Gasteiger partial charge in [0.1, 0.15) is 0 Å². The second-order valence-corrected chi connectivity index (χ2v) is 7.04. The summed E-state index contributed by atoms with van der Waals surface area (Å²) in [5.74, 6) is -0.414. The molecule has 2 heterocycles. The summed E-state index contributed by atoms with van der Waals surface area (Å²) in [7, 11) is 2.69. The highest BCUT2D eigenvalue weighted by atomic mass is 35.5. The van der Waals surface area contributed by atoms with Crippen molar-refractivity contribution in [1.82, 2.24) is 4.90 Å². The van der Waals surface area contributed by atoms with Crippen molar-refractivity contribution >= 4 is 23.7 Å². The van der Waals surface area contributed by atoms with E-state index in [-0.39, 0.29) is 12.0 Å². The largest absolute Gasteiger partial charge is 0.465 e. The van der Waals surface area contributed by atoms with Gasteiger partial charge >= 0.3 is 12.1 Å². The maximum atomic E-state index is 12.0. The van der Waals surface area contributed by atoms with Crippen LogP contribution in [0.15, 0.2) is 6.07 Å². The molecule has 1 unspecified atom stereocenters. The van der Waals surface area contributed by atoms with Crippen LogP contribution in [-0.2, 0) is 9.47 Å². The van der Waals surface area contributed by atoms with Gasteiger partial charge in [-0.2, -0.15) is 0 Å². The van der Waals surface area contributed by atoms with Crippen molar-refractivity contribution in [3.05, 3.63) is 22.2 Å². The van der Waals surface area contributed by atoms with Crippen LogP contribution in [0.5, 0.6) is 11.5 Å². The summed E-state index contributed by atoms with van der Waals surface area (Å²) < 4.78 is 21.8. The second-order valence-electron chi connectivity index (χ2n) is 6.63. The van der Waals surface area contributed by atoms with Gasteiger partial charge < -0.3 is 23.8 Å². The highest BCUT2D eigenvalue weighted by molar-refractivity contribution is 6.32. The number of carbonyl (C=O) groups excluding carboxylic acids is 2. The Morgan fingerprint density at radius 1 is 1.19 bits per heavy atom. The zero-order valence-corrected chi connectivity index (χ0v) is 16.0. The van der Waals surface area contributed by atoms with Gasteiger partial charge in [0.15, 0.2) is 11.5 Å². The van der Waals surface area contributed by atoms with Crippen molar-refractivity contribution in [2.45, 2.75) is 32.5 Å². The number of esters is 1. The molecule has 26 heavy (non-hydrogen) atoms. The minimum Gasteiger partial charge on any atom is -0.465 e. The highest BCUT2D eigenvalue weighted by Crippen LogP contribution is 2.51. The number of methoxy groups -OCH3 is 2. The summed E-state index contributed by atoms with van der Waals surface area (Å²) in [6, 6.07) is 1.54. The molecule has 2 aliphatic heterocycles. The number of carbonyl (C=O) groups is 2. The van der Waals surface area contributed by atoms with Gasteiger partial charge in [-0.05, 0) is 25.8 Å². The Labute approximate surface area is 157 Å². The third-order valence-corrected chi connectivity index (χ3v) is 5.40. The fraction of sp³-hybridized carbons (Fsp3) is 0.556. The van der Waals surface area contributed by atoms with E-state index < -0.39 is 11.8 Å². The predicted molar refractivity (Wildman–Crippen MR) is 93.9 cm³/mol. The lowest BCUT2D eigenvalue weighted by atomic mass is 9.89. The van der Waals surface area contributed by atoms with E-state index in [9.17, 15) is 9.59 Å². The molecule has 3 rings (SSSR count). The average molecular weight is 384 g/mol. The van der Waals surface area contributed by atoms with Gasteiger partial charge in [0, 0.05) is 31.5 Å². The van der Waals surface area contributed by atoms with E-state index in [2.05, 4.69) is 0 Å². The van der Waals surface area contributed by atoms with Crippen molar-refractivity contribution in [2.75, 3.05) is 27.3 Å². The molecule has 1 fully saturated rings. The number of piperidine rings is 1. The zero-order valence-electron chi connectivity index (χ0n) is 15.3. The van der Waals surface area contributed by atoms with Gasteiger partial charge in [-0.1, -0.05) is 11.6 Å². The molecule has 142 valence electrons. The van der Waals surface area contributed by atoms with Gasteiger partial charge in [0.2, 0.25) is 0 Å². The Bertz CT molecular complexity index is 744. The highest BCUT2D eigenvalue weighted by Gasteiger charge is 2.47. The van der Waals surface area contributed by atoms with Crippen molar-refractivity contribution in [3.63, 3.8) is 0 Å². The molecular weight excluding hydrogens is 362 g/mol. The maximum Gasteiger partial charge on any atom is 0.409 e. The molecule has 1 amide bonds. The summed E-state index contributed by atoms with van der Waals surface area (Å²) in [6.45, 7) is 4.77. The summed E-state index contributed by atoms with van der Waals surface area (Å²) >= 11 is 6.32. The minimum absolute atomic E-state index is 0.0628. The van der Waals surface area contributed by atoms with Crippen LogP contribution in [0.4, 0.5) is 4.79 Å². The van der Waals surface area contributed by atoms with Crippen LogP contribution in [-0.4, -0.2) is 50.1 Å². The molecule has 7 nitrogen and oxygen atoms in total. The number of rotatable bonds is 2. The first-order valence-electron chi connectivity index (χ1n) is 8.43. The molecule has 1 aromatic rings. The molecule has 0 radical (unpaired) electrons. The molecule has 0 aromatic heterocycles. The predicted octanol–water partition coefficient (Wildman–Crippen LogP) is 3.40. The van der Waals surface area contributed by atoms with Gasteiger partial charge in [-0.3, -0.25) is 0 Å². The first-order chi connectivity index (χ1) is 12.3. The number of hydrogen-bond donors (Lipinski definition) is 0. The molecule has 8 heteroatoms.